The zero-order chi connectivity index (χ0) is 14.7. The molecule has 0 spiro atoms. The second-order valence-electron chi connectivity index (χ2n) is 5.01. The van der Waals surface area contributed by atoms with Crippen LogP contribution in [0, 0.1) is 5.92 Å². The average Bonchev–Trinajstić information content (AvgIpc) is 2.68. The van der Waals surface area contributed by atoms with E-state index in [2.05, 4.69) is 4.98 Å². The van der Waals surface area contributed by atoms with E-state index in [1.165, 1.54) is 16.8 Å². The maximum Gasteiger partial charge on any atom is 0.330 e. The standard InChI is InChI=1S/C13H20N2O5/c1-3-6-19-7-9-8(2)11(17)12(20-9)15-5-4-10(16)14-13(15)18/h4-5,8-9,11-12,17H,3,6-7H2,1-2H3,(H,14,16,18)/t8?,9-,11+,12-/m1/s1. The minimum atomic E-state index is -0.825. The number of nitrogens with zero attached hydrogens (tertiary/aromatic N) is 1. The fourth-order valence-electron chi connectivity index (χ4n) is 2.26. The van der Waals surface area contributed by atoms with E-state index in [1.807, 2.05) is 13.8 Å². The van der Waals surface area contributed by atoms with Gasteiger partial charge in [0.25, 0.3) is 5.56 Å². The van der Waals surface area contributed by atoms with E-state index in [-0.39, 0.29) is 12.0 Å². The van der Waals surface area contributed by atoms with Gasteiger partial charge in [-0.25, -0.2) is 4.79 Å². The van der Waals surface area contributed by atoms with Gasteiger partial charge in [0.05, 0.1) is 12.7 Å². The monoisotopic (exact) mass is 284 g/mol. The Morgan fingerprint density at radius 1 is 1.50 bits per heavy atom. The van der Waals surface area contributed by atoms with Gasteiger partial charge in [0.1, 0.15) is 6.10 Å². The molecule has 0 saturated carbocycles. The molecule has 20 heavy (non-hydrogen) atoms. The van der Waals surface area contributed by atoms with Crippen LogP contribution in [-0.2, 0) is 9.47 Å². The molecular formula is C13H20N2O5. The summed E-state index contributed by atoms with van der Waals surface area (Å²) >= 11 is 0. The third-order valence-electron chi connectivity index (χ3n) is 3.49. The topological polar surface area (TPSA) is 93.5 Å². The van der Waals surface area contributed by atoms with Crippen LogP contribution in [0.3, 0.4) is 0 Å². The number of nitrogens with one attached hydrogen (secondary N) is 1. The lowest BCUT2D eigenvalue weighted by molar-refractivity contribution is -0.0647. The van der Waals surface area contributed by atoms with Crippen LogP contribution in [0.1, 0.15) is 26.5 Å². The van der Waals surface area contributed by atoms with Crippen molar-refractivity contribution in [3.63, 3.8) is 0 Å². The zero-order valence-corrected chi connectivity index (χ0v) is 11.6. The Labute approximate surface area is 116 Å². The summed E-state index contributed by atoms with van der Waals surface area (Å²) in [6, 6.07) is 1.23. The molecule has 0 radical (unpaired) electrons. The van der Waals surface area contributed by atoms with E-state index in [1.54, 1.807) is 0 Å². The van der Waals surface area contributed by atoms with E-state index in [0.29, 0.717) is 13.2 Å². The Kier molecular flexibility index (Phi) is 4.74. The van der Waals surface area contributed by atoms with Crippen molar-refractivity contribution in [1.29, 1.82) is 0 Å². The maximum atomic E-state index is 11.7. The first-order valence-corrected chi connectivity index (χ1v) is 6.77. The number of H-pyrrole nitrogens is 1. The van der Waals surface area contributed by atoms with Crippen molar-refractivity contribution in [2.45, 2.75) is 38.7 Å². The minimum Gasteiger partial charge on any atom is -0.388 e. The highest BCUT2D eigenvalue weighted by molar-refractivity contribution is 4.91. The molecular weight excluding hydrogens is 264 g/mol. The van der Waals surface area contributed by atoms with E-state index in [9.17, 15) is 14.7 Å². The van der Waals surface area contributed by atoms with Crippen molar-refractivity contribution in [3.8, 4) is 0 Å². The minimum absolute atomic E-state index is 0.157. The van der Waals surface area contributed by atoms with Gasteiger partial charge in [0, 0.05) is 24.8 Å². The highest BCUT2D eigenvalue weighted by Crippen LogP contribution is 2.32. The molecule has 1 unspecified atom stereocenters. The largest absolute Gasteiger partial charge is 0.388 e. The SMILES string of the molecule is CCCOC[C@H]1O[C@@H](n2ccc(=O)[nH]c2=O)[C@@H](O)C1C. The molecule has 0 amide bonds. The molecule has 1 aromatic heterocycles. The normalized spacial score (nSPS) is 29.8. The first-order chi connectivity index (χ1) is 9.54. The molecule has 7 heteroatoms. The van der Waals surface area contributed by atoms with Gasteiger partial charge < -0.3 is 14.6 Å². The lowest BCUT2D eigenvalue weighted by atomic mass is 10.0. The number of aliphatic hydroxyl groups excluding tert-OH is 1. The number of aromatic nitrogens is 2. The molecule has 0 aliphatic carbocycles. The molecule has 1 aliphatic heterocycles. The Morgan fingerprint density at radius 2 is 2.25 bits per heavy atom. The van der Waals surface area contributed by atoms with Gasteiger partial charge in [-0.05, 0) is 6.42 Å². The molecule has 1 aromatic rings. The smallest absolute Gasteiger partial charge is 0.330 e. The summed E-state index contributed by atoms with van der Waals surface area (Å²) in [6.07, 6.45) is 0.336. The molecule has 1 fully saturated rings. The molecule has 2 N–H and O–H groups in total. The Balaban J connectivity index is 2.13. The van der Waals surface area contributed by atoms with E-state index in [0.717, 1.165) is 6.42 Å². The van der Waals surface area contributed by atoms with Crippen molar-refractivity contribution in [1.82, 2.24) is 9.55 Å². The highest BCUT2D eigenvalue weighted by atomic mass is 16.6. The van der Waals surface area contributed by atoms with Gasteiger partial charge in [0.2, 0.25) is 0 Å². The van der Waals surface area contributed by atoms with Gasteiger partial charge in [-0.3, -0.25) is 14.3 Å². The molecule has 112 valence electrons. The number of hydrogen-bond acceptors (Lipinski definition) is 5. The van der Waals surface area contributed by atoms with Crippen LogP contribution in [0.15, 0.2) is 21.9 Å². The molecule has 7 nitrogen and oxygen atoms in total. The second-order valence-corrected chi connectivity index (χ2v) is 5.01. The molecule has 2 heterocycles. The highest BCUT2D eigenvalue weighted by Gasteiger charge is 2.42. The van der Waals surface area contributed by atoms with Crippen molar-refractivity contribution >= 4 is 0 Å². The first kappa shape index (κ1) is 15.0. The molecule has 0 bridgehead atoms. The van der Waals surface area contributed by atoms with Crippen molar-refractivity contribution in [3.05, 3.63) is 33.1 Å². The second kappa shape index (κ2) is 6.34. The predicted octanol–water partition coefficient (Wildman–Crippen LogP) is -0.142. The fraction of sp³-hybridized carbons (Fsp3) is 0.692. The van der Waals surface area contributed by atoms with Gasteiger partial charge in [-0.2, -0.15) is 0 Å². The van der Waals surface area contributed by atoms with E-state index in [4.69, 9.17) is 9.47 Å². The van der Waals surface area contributed by atoms with Gasteiger partial charge in [-0.15, -0.1) is 0 Å². The maximum absolute atomic E-state index is 11.7. The number of aliphatic hydroxyl groups is 1. The van der Waals surface area contributed by atoms with Gasteiger partial charge >= 0.3 is 5.69 Å². The van der Waals surface area contributed by atoms with E-state index >= 15 is 0 Å². The summed E-state index contributed by atoms with van der Waals surface area (Å²) in [4.78, 5) is 24.9. The van der Waals surface area contributed by atoms with Crippen LogP contribution < -0.4 is 11.2 Å². The van der Waals surface area contributed by atoms with Crippen LogP contribution >= 0.6 is 0 Å². The average molecular weight is 284 g/mol. The Morgan fingerprint density at radius 3 is 2.90 bits per heavy atom. The molecule has 4 atom stereocenters. The van der Waals surface area contributed by atoms with E-state index < -0.39 is 23.6 Å². The number of ether oxygens (including phenoxy) is 2. The molecule has 1 saturated heterocycles. The lowest BCUT2D eigenvalue weighted by Crippen LogP contribution is -2.35. The molecule has 2 rings (SSSR count). The fourth-order valence-corrected chi connectivity index (χ4v) is 2.26. The quantitative estimate of drug-likeness (QED) is 0.734. The summed E-state index contributed by atoms with van der Waals surface area (Å²) in [6.45, 7) is 4.87. The Bertz CT molecular complexity index is 552. The third-order valence-corrected chi connectivity index (χ3v) is 3.49. The van der Waals surface area contributed by atoms with Crippen LogP contribution in [0.4, 0.5) is 0 Å². The van der Waals surface area contributed by atoms with Crippen molar-refractivity contribution in [2.24, 2.45) is 5.92 Å². The number of aromatic amines is 1. The number of rotatable bonds is 5. The zero-order valence-electron chi connectivity index (χ0n) is 11.6. The summed E-state index contributed by atoms with van der Waals surface area (Å²) < 4.78 is 12.3. The molecule has 0 aromatic carbocycles. The summed E-state index contributed by atoms with van der Waals surface area (Å²) in [5.41, 5.74) is -1.07. The van der Waals surface area contributed by atoms with Crippen molar-refractivity contribution < 1.29 is 14.6 Å². The summed E-state index contributed by atoms with van der Waals surface area (Å²) in [5, 5.41) is 10.2. The van der Waals surface area contributed by atoms with Crippen LogP contribution in [0.5, 0.6) is 0 Å². The lowest BCUT2D eigenvalue weighted by Gasteiger charge is -2.17. The van der Waals surface area contributed by atoms with Gasteiger partial charge in [0.15, 0.2) is 6.23 Å². The van der Waals surface area contributed by atoms with Crippen molar-refractivity contribution in [2.75, 3.05) is 13.2 Å². The Hall–Kier alpha value is -1.44. The van der Waals surface area contributed by atoms with Crippen LogP contribution in [0.2, 0.25) is 0 Å². The van der Waals surface area contributed by atoms with Crippen LogP contribution in [-0.4, -0.2) is 40.1 Å². The first-order valence-electron chi connectivity index (χ1n) is 6.77. The predicted molar refractivity (Wildman–Crippen MR) is 71.5 cm³/mol. The number of hydrogen-bond donors (Lipinski definition) is 2. The summed E-state index contributed by atoms with van der Waals surface area (Å²) in [7, 11) is 0. The van der Waals surface area contributed by atoms with Gasteiger partial charge in [-0.1, -0.05) is 13.8 Å². The molecule has 1 aliphatic rings. The summed E-state index contributed by atoms with van der Waals surface area (Å²) in [5.74, 6) is -0.157. The van der Waals surface area contributed by atoms with Crippen LogP contribution in [0.25, 0.3) is 0 Å². The third kappa shape index (κ3) is 3.00.